The van der Waals surface area contributed by atoms with E-state index in [4.69, 9.17) is 5.11 Å². The lowest BCUT2D eigenvalue weighted by molar-refractivity contribution is -0.195. The Kier molecular flexibility index (Phi) is 4.57. The summed E-state index contributed by atoms with van der Waals surface area (Å²) in [5.74, 6) is -0.214. The van der Waals surface area contributed by atoms with Crippen LogP contribution in [0.25, 0.3) is 0 Å². The second-order valence-corrected chi connectivity index (χ2v) is 4.98. The van der Waals surface area contributed by atoms with Gasteiger partial charge in [0.05, 0.1) is 0 Å². The summed E-state index contributed by atoms with van der Waals surface area (Å²) in [4.78, 5) is 0. The Balaban J connectivity index is 2.19. The van der Waals surface area contributed by atoms with E-state index < -0.39 is 12.3 Å². The molecule has 1 atom stereocenters. The molecule has 0 aliphatic heterocycles. The van der Waals surface area contributed by atoms with Gasteiger partial charge in [-0.05, 0) is 12.8 Å². The van der Waals surface area contributed by atoms with Crippen LogP contribution in [0, 0.1) is 0 Å². The molecule has 1 fully saturated rings. The number of hydrogen-bond acceptors (Lipinski definition) is 2. The molecule has 1 rings (SSSR count). The molecular weight excluding hydrogens is 213 g/mol. The number of alkyl halides is 3. The first-order valence-electron chi connectivity index (χ1n) is 4.86. The fraction of sp³-hybridized carbons (Fsp3) is 1.00. The minimum atomic E-state index is -4.46. The van der Waals surface area contributed by atoms with E-state index in [1.54, 1.807) is 0 Å². The molecule has 0 saturated heterocycles. The number of rotatable bonds is 3. The van der Waals surface area contributed by atoms with Crippen LogP contribution in [0.15, 0.2) is 0 Å². The van der Waals surface area contributed by atoms with Crippen LogP contribution in [0.4, 0.5) is 13.2 Å². The van der Waals surface area contributed by atoms with Crippen molar-refractivity contribution in [2.24, 2.45) is 0 Å². The summed E-state index contributed by atoms with van der Waals surface area (Å²) >= 11 is 1.26. The average Bonchev–Trinajstić information content (AvgIpc) is 2.14. The standard InChI is InChI=1S/C9H15F3OS/c10-9(11,12)8(13)6-14-7-4-2-1-3-5-7/h7-8,13H,1-6H2. The minimum absolute atomic E-state index is 0.214. The zero-order chi connectivity index (χ0) is 10.6. The fourth-order valence-electron chi connectivity index (χ4n) is 1.55. The Labute approximate surface area is 86.1 Å². The van der Waals surface area contributed by atoms with Gasteiger partial charge < -0.3 is 5.11 Å². The predicted octanol–water partition coefficient (Wildman–Crippen LogP) is 2.98. The number of aliphatic hydroxyl groups is 1. The van der Waals surface area contributed by atoms with Gasteiger partial charge in [0, 0.05) is 11.0 Å². The monoisotopic (exact) mass is 228 g/mol. The van der Waals surface area contributed by atoms with E-state index in [0.717, 1.165) is 25.7 Å². The van der Waals surface area contributed by atoms with Crippen molar-refractivity contribution in [2.75, 3.05) is 5.75 Å². The average molecular weight is 228 g/mol. The Hall–Kier alpha value is 0.100. The second-order valence-electron chi connectivity index (χ2n) is 3.65. The summed E-state index contributed by atoms with van der Waals surface area (Å²) in [6, 6.07) is 0. The zero-order valence-electron chi connectivity index (χ0n) is 7.89. The van der Waals surface area contributed by atoms with E-state index in [2.05, 4.69) is 0 Å². The van der Waals surface area contributed by atoms with E-state index in [0.29, 0.717) is 5.25 Å². The van der Waals surface area contributed by atoms with Gasteiger partial charge in [-0.3, -0.25) is 0 Å². The Bertz CT molecular complexity index is 166. The largest absolute Gasteiger partial charge is 0.415 e. The van der Waals surface area contributed by atoms with Crippen LogP contribution < -0.4 is 0 Å². The minimum Gasteiger partial charge on any atom is -0.383 e. The van der Waals surface area contributed by atoms with Gasteiger partial charge in [-0.1, -0.05) is 19.3 Å². The van der Waals surface area contributed by atoms with Crippen molar-refractivity contribution in [1.29, 1.82) is 0 Å². The highest BCUT2D eigenvalue weighted by Gasteiger charge is 2.38. The molecular formula is C9H15F3OS. The van der Waals surface area contributed by atoms with Crippen LogP contribution in [0.5, 0.6) is 0 Å². The normalized spacial score (nSPS) is 22.3. The van der Waals surface area contributed by atoms with Gasteiger partial charge in [0.25, 0.3) is 0 Å². The Morgan fingerprint density at radius 3 is 2.29 bits per heavy atom. The second kappa shape index (κ2) is 5.26. The lowest BCUT2D eigenvalue weighted by atomic mass is 10.0. The van der Waals surface area contributed by atoms with E-state index in [9.17, 15) is 13.2 Å². The Morgan fingerprint density at radius 2 is 1.79 bits per heavy atom. The van der Waals surface area contributed by atoms with Gasteiger partial charge in [-0.2, -0.15) is 24.9 Å². The molecule has 14 heavy (non-hydrogen) atoms. The lowest BCUT2D eigenvalue weighted by Crippen LogP contribution is -2.31. The molecule has 1 unspecified atom stereocenters. The number of hydrogen-bond donors (Lipinski definition) is 1. The molecule has 0 radical (unpaired) electrons. The highest BCUT2D eigenvalue weighted by molar-refractivity contribution is 7.99. The first kappa shape index (κ1) is 12.2. The van der Waals surface area contributed by atoms with E-state index in [-0.39, 0.29) is 5.75 Å². The zero-order valence-corrected chi connectivity index (χ0v) is 8.70. The maximum atomic E-state index is 11.9. The Morgan fingerprint density at radius 1 is 1.21 bits per heavy atom. The summed E-state index contributed by atoms with van der Waals surface area (Å²) in [7, 11) is 0. The van der Waals surface area contributed by atoms with Gasteiger partial charge in [0.15, 0.2) is 6.10 Å². The quantitative estimate of drug-likeness (QED) is 0.801. The number of aliphatic hydroxyl groups excluding tert-OH is 1. The van der Waals surface area contributed by atoms with Crippen molar-refractivity contribution >= 4 is 11.8 Å². The van der Waals surface area contributed by atoms with Crippen LogP contribution in [-0.4, -0.2) is 28.4 Å². The van der Waals surface area contributed by atoms with Crippen LogP contribution in [0.2, 0.25) is 0 Å². The number of halogens is 3. The molecule has 0 spiro atoms. The molecule has 1 saturated carbocycles. The summed E-state index contributed by atoms with van der Waals surface area (Å²) in [5, 5.41) is 9.09. The van der Waals surface area contributed by atoms with Crippen LogP contribution in [0.3, 0.4) is 0 Å². The highest BCUT2D eigenvalue weighted by Crippen LogP contribution is 2.31. The molecule has 1 nitrogen and oxygen atoms in total. The van der Waals surface area contributed by atoms with Gasteiger partial charge >= 0.3 is 6.18 Å². The number of thioether (sulfide) groups is 1. The smallest absolute Gasteiger partial charge is 0.383 e. The van der Waals surface area contributed by atoms with E-state index in [1.807, 2.05) is 0 Å². The van der Waals surface area contributed by atoms with Crippen molar-refractivity contribution in [3.8, 4) is 0 Å². The SMILES string of the molecule is OC(CSC1CCCCC1)C(F)(F)F. The summed E-state index contributed by atoms with van der Waals surface area (Å²) in [5.41, 5.74) is 0. The lowest BCUT2D eigenvalue weighted by Gasteiger charge is -2.22. The van der Waals surface area contributed by atoms with Crippen molar-refractivity contribution in [3.05, 3.63) is 0 Å². The maximum absolute atomic E-state index is 11.9. The molecule has 0 bridgehead atoms. The molecule has 0 heterocycles. The topological polar surface area (TPSA) is 20.2 Å². The van der Waals surface area contributed by atoms with E-state index >= 15 is 0 Å². The van der Waals surface area contributed by atoms with Crippen LogP contribution in [-0.2, 0) is 0 Å². The fourth-order valence-corrected chi connectivity index (χ4v) is 2.86. The van der Waals surface area contributed by atoms with Gasteiger partial charge in [0.1, 0.15) is 0 Å². The van der Waals surface area contributed by atoms with Gasteiger partial charge in [-0.15, -0.1) is 0 Å². The third-order valence-corrected chi connectivity index (χ3v) is 3.87. The predicted molar refractivity (Wildman–Crippen MR) is 51.4 cm³/mol. The van der Waals surface area contributed by atoms with Crippen LogP contribution in [0.1, 0.15) is 32.1 Å². The van der Waals surface area contributed by atoms with Gasteiger partial charge in [-0.25, -0.2) is 0 Å². The molecule has 0 amide bonds. The highest BCUT2D eigenvalue weighted by atomic mass is 32.2. The first-order chi connectivity index (χ1) is 6.50. The molecule has 1 N–H and O–H groups in total. The van der Waals surface area contributed by atoms with Crippen molar-refractivity contribution in [2.45, 2.75) is 49.6 Å². The van der Waals surface area contributed by atoms with Crippen molar-refractivity contribution in [1.82, 2.24) is 0 Å². The maximum Gasteiger partial charge on any atom is 0.415 e. The molecule has 84 valence electrons. The molecule has 1 aliphatic carbocycles. The molecule has 5 heteroatoms. The summed E-state index contributed by atoms with van der Waals surface area (Å²) in [6.45, 7) is 0. The molecule has 0 aromatic carbocycles. The van der Waals surface area contributed by atoms with Gasteiger partial charge in [0.2, 0.25) is 0 Å². The van der Waals surface area contributed by atoms with Crippen molar-refractivity contribution < 1.29 is 18.3 Å². The summed E-state index contributed by atoms with van der Waals surface area (Å²) in [6.07, 6.45) is -1.21. The van der Waals surface area contributed by atoms with E-state index in [1.165, 1.54) is 18.2 Å². The molecule has 0 aromatic rings. The third-order valence-electron chi connectivity index (χ3n) is 2.42. The van der Waals surface area contributed by atoms with Crippen molar-refractivity contribution in [3.63, 3.8) is 0 Å². The third kappa shape index (κ3) is 4.09. The van der Waals surface area contributed by atoms with Crippen LogP contribution >= 0.6 is 11.8 Å². The first-order valence-corrected chi connectivity index (χ1v) is 5.91. The molecule has 1 aliphatic rings. The molecule has 0 aromatic heterocycles. The summed E-state index contributed by atoms with van der Waals surface area (Å²) < 4.78 is 35.8.